The molecule has 1 heterocycles. The molecule has 0 aliphatic carbocycles. The number of benzene rings is 1. The first-order valence-electron chi connectivity index (χ1n) is 6.44. The van der Waals surface area contributed by atoms with E-state index in [-0.39, 0.29) is 0 Å². The highest BCUT2D eigenvalue weighted by Gasteiger charge is 2.10. The lowest BCUT2D eigenvalue weighted by atomic mass is 10.1. The minimum absolute atomic E-state index is 0.378. The summed E-state index contributed by atoms with van der Waals surface area (Å²) in [5, 5.41) is 10.0. The number of halogens is 1. The van der Waals surface area contributed by atoms with Gasteiger partial charge in [-0.1, -0.05) is 0 Å². The maximum Gasteiger partial charge on any atom is 0.148 e. The Balaban J connectivity index is 2.13. The van der Waals surface area contributed by atoms with Gasteiger partial charge in [-0.05, 0) is 40.8 Å². The first kappa shape index (κ1) is 15.9. The summed E-state index contributed by atoms with van der Waals surface area (Å²) < 4.78 is 17.1. The second-order valence-corrected chi connectivity index (χ2v) is 5.47. The summed E-state index contributed by atoms with van der Waals surface area (Å²) in [5.41, 5.74) is 1.24. The molecule has 1 aromatic carbocycles. The van der Waals surface area contributed by atoms with E-state index in [0.717, 1.165) is 14.5 Å². The molecule has 0 fully saturated rings. The van der Waals surface area contributed by atoms with Crippen molar-refractivity contribution in [3.63, 3.8) is 0 Å². The van der Waals surface area contributed by atoms with Gasteiger partial charge in [0.2, 0.25) is 0 Å². The van der Waals surface area contributed by atoms with Crippen molar-refractivity contribution in [2.75, 3.05) is 33.5 Å². The Morgan fingerprint density at radius 3 is 2.81 bits per heavy atom. The standard InChI is InChI=1S/C15H15IN2O3/c1-19-4-5-20-6-7-21-15-11(9-17)10-18-14-3-2-12(16)8-13(14)15/h2-3,8,10H,4-7H2,1H3. The monoisotopic (exact) mass is 398 g/mol. The fourth-order valence-electron chi connectivity index (χ4n) is 1.82. The molecular weight excluding hydrogens is 383 g/mol. The van der Waals surface area contributed by atoms with Crippen LogP contribution in [0.4, 0.5) is 0 Å². The molecule has 110 valence electrons. The van der Waals surface area contributed by atoms with E-state index in [9.17, 15) is 5.26 Å². The van der Waals surface area contributed by atoms with Crippen LogP contribution < -0.4 is 4.74 Å². The second kappa shape index (κ2) is 8.12. The maximum atomic E-state index is 9.20. The van der Waals surface area contributed by atoms with E-state index in [1.165, 1.54) is 6.20 Å². The molecule has 0 atom stereocenters. The Morgan fingerprint density at radius 1 is 1.24 bits per heavy atom. The molecule has 6 heteroatoms. The summed E-state index contributed by atoms with van der Waals surface area (Å²) in [6.07, 6.45) is 1.54. The van der Waals surface area contributed by atoms with Crippen molar-refractivity contribution in [1.29, 1.82) is 5.26 Å². The third-order valence-corrected chi connectivity index (χ3v) is 3.48. The molecule has 21 heavy (non-hydrogen) atoms. The number of methoxy groups -OCH3 is 1. The van der Waals surface area contributed by atoms with Crippen molar-refractivity contribution in [3.05, 3.63) is 33.5 Å². The van der Waals surface area contributed by atoms with Gasteiger partial charge >= 0.3 is 0 Å². The molecule has 5 nitrogen and oxygen atoms in total. The Labute approximate surface area is 137 Å². The van der Waals surface area contributed by atoms with Crippen LogP contribution in [0.3, 0.4) is 0 Å². The molecule has 0 aliphatic rings. The van der Waals surface area contributed by atoms with Crippen LogP contribution in [0, 0.1) is 14.9 Å². The largest absolute Gasteiger partial charge is 0.489 e. The predicted molar refractivity (Wildman–Crippen MR) is 87.4 cm³/mol. The average Bonchev–Trinajstić information content (AvgIpc) is 2.50. The molecule has 0 bridgehead atoms. The first-order valence-corrected chi connectivity index (χ1v) is 7.52. The number of nitrogens with zero attached hydrogens (tertiary/aromatic N) is 2. The van der Waals surface area contributed by atoms with E-state index in [0.29, 0.717) is 37.7 Å². The van der Waals surface area contributed by atoms with Crippen molar-refractivity contribution in [3.8, 4) is 11.8 Å². The predicted octanol–water partition coefficient (Wildman–Crippen LogP) is 2.75. The van der Waals surface area contributed by atoms with E-state index in [1.807, 2.05) is 18.2 Å². The average molecular weight is 398 g/mol. The van der Waals surface area contributed by atoms with Gasteiger partial charge in [0.25, 0.3) is 0 Å². The van der Waals surface area contributed by atoms with Crippen LogP contribution >= 0.6 is 22.6 Å². The van der Waals surface area contributed by atoms with E-state index < -0.39 is 0 Å². The van der Waals surface area contributed by atoms with Crippen LogP contribution in [-0.2, 0) is 9.47 Å². The summed E-state index contributed by atoms with van der Waals surface area (Å²) in [7, 11) is 1.63. The van der Waals surface area contributed by atoms with Gasteiger partial charge in [0, 0.05) is 22.3 Å². The highest BCUT2D eigenvalue weighted by Crippen LogP contribution is 2.29. The van der Waals surface area contributed by atoms with Gasteiger partial charge in [0.1, 0.15) is 24.0 Å². The lowest BCUT2D eigenvalue weighted by Crippen LogP contribution is -2.10. The topological polar surface area (TPSA) is 64.4 Å². The molecule has 0 radical (unpaired) electrons. The number of ether oxygens (including phenoxy) is 3. The summed E-state index contributed by atoms with van der Waals surface area (Å²) in [6, 6.07) is 7.97. The number of aromatic nitrogens is 1. The maximum absolute atomic E-state index is 9.20. The Bertz CT molecular complexity index is 655. The van der Waals surface area contributed by atoms with Crippen LogP contribution in [0.2, 0.25) is 0 Å². The Kier molecular flexibility index (Phi) is 6.17. The molecule has 1 aromatic heterocycles. The molecule has 0 saturated heterocycles. The van der Waals surface area contributed by atoms with Crippen LogP contribution in [-0.4, -0.2) is 38.5 Å². The SMILES string of the molecule is COCCOCCOc1c(C#N)cnc2ccc(I)cc12. The second-order valence-electron chi connectivity index (χ2n) is 4.23. The van der Waals surface area contributed by atoms with Gasteiger partial charge in [-0.3, -0.25) is 4.98 Å². The van der Waals surface area contributed by atoms with Gasteiger partial charge in [-0.15, -0.1) is 0 Å². The number of pyridine rings is 1. The first-order chi connectivity index (χ1) is 10.3. The third-order valence-electron chi connectivity index (χ3n) is 2.81. The molecule has 0 amide bonds. The van der Waals surface area contributed by atoms with Crippen LogP contribution in [0.5, 0.6) is 5.75 Å². The Morgan fingerprint density at radius 2 is 2.05 bits per heavy atom. The minimum atomic E-state index is 0.378. The highest BCUT2D eigenvalue weighted by molar-refractivity contribution is 14.1. The third kappa shape index (κ3) is 4.27. The van der Waals surface area contributed by atoms with Gasteiger partial charge in [-0.2, -0.15) is 5.26 Å². The molecule has 2 aromatic rings. The Hall–Kier alpha value is -1.43. The van der Waals surface area contributed by atoms with Gasteiger partial charge < -0.3 is 14.2 Å². The fraction of sp³-hybridized carbons (Fsp3) is 0.333. The van der Waals surface area contributed by atoms with E-state index in [4.69, 9.17) is 14.2 Å². The van der Waals surface area contributed by atoms with Crippen molar-refractivity contribution in [1.82, 2.24) is 4.98 Å². The van der Waals surface area contributed by atoms with Crippen molar-refractivity contribution in [2.45, 2.75) is 0 Å². The van der Waals surface area contributed by atoms with Crippen LogP contribution in [0.25, 0.3) is 10.9 Å². The molecule has 0 unspecified atom stereocenters. The summed E-state index contributed by atoms with van der Waals surface area (Å²) in [5.74, 6) is 0.566. The molecule has 0 spiro atoms. The van der Waals surface area contributed by atoms with Gasteiger partial charge in [0.05, 0.1) is 25.3 Å². The summed E-state index contributed by atoms with van der Waals surface area (Å²) in [4.78, 5) is 4.27. The van der Waals surface area contributed by atoms with Crippen molar-refractivity contribution in [2.24, 2.45) is 0 Å². The van der Waals surface area contributed by atoms with E-state index in [1.54, 1.807) is 7.11 Å². The molecule has 0 aliphatic heterocycles. The molecule has 0 saturated carbocycles. The number of hydrogen-bond acceptors (Lipinski definition) is 5. The fourth-order valence-corrected chi connectivity index (χ4v) is 2.31. The zero-order valence-corrected chi connectivity index (χ0v) is 13.8. The zero-order valence-electron chi connectivity index (χ0n) is 11.6. The molecule has 0 N–H and O–H groups in total. The number of rotatable bonds is 7. The lowest BCUT2D eigenvalue weighted by Gasteiger charge is -2.11. The summed E-state index contributed by atoms with van der Waals surface area (Å²) >= 11 is 2.22. The van der Waals surface area contributed by atoms with Crippen molar-refractivity contribution >= 4 is 33.5 Å². The van der Waals surface area contributed by atoms with Crippen molar-refractivity contribution < 1.29 is 14.2 Å². The normalized spacial score (nSPS) is 10.5. The summed E-state index contributed by atoms with van der Waals surface area (Å²) in [6.45, 7) is 1.91. The van der Waals surface area contributed by atoms with Gasteiger partial charge in [-0.25, -0.2) is 0 Å². The minimum Gasteiger partial charge on any atom is -0.489 e. The van der Waals surface area contributed by atoms with Crippen LogP contribution in [0.1, 0.15) is 5.56 Å². The molecular formula is C15H15IN2O3. The van der Waals surface area contributed by atoms with Crippen LogP contribution in [0.15, 0.2) is 24.4 Å². The van der Waals surface area contributed by atoms with Gasteiger partial charge in [0.15, 0.2) is 0 Å². The van der Waals surface area contributed by atoms with E-state index >= 15 is 0 Å². The highest BCUT2D eigenvalue weighted by atomic mass is 127. The number of fused-ring (bicyclic) bond motifs is 1. The number of hydrogen-bond donors (Lipinski definition) is 0. The zero-order chi connectivity index (χ0) is 15.1. The van der Waals surface area contributed by atoms with E-state index in [2.05, 4.69) is 33.6 Å². The lowest BCUT2D eigenvalue weighted by molar-refractivity contribution is 0.0546. The smallest absolute Gasteiger partial charge is 0.148 e. The molecule has 2 rings (SSSR count). The number of nitriles is 1. The quantitative estimate of drug-likeness (QED) is 0.530.